The van der Waals surface area contributed by atoms with E-state index in [9.17, 15) is 9.50 Å². The van der Waals surface area contributed by atoms with Crippen LogP contribution in [0.15, 0.2) is 35.7 Å². The molecule has 1 aromatic carbocycles. The average Bonchev–Trinajstić information content (AvgIpc) is 2.68. The van der Waals surface area contributed by atoms with Gasteiger partial charge in [-0.3, -0.25) is 0 Å². The first-order valence-electron chi connectivity index (χ1n) is 4.82. The summed E-state index contributed by atoms with van der Waals surface area (Å²) in [5.74, 6) is -0.258. The summed E-state index contributed by atoms with van der Waals surface area (Å²) in [7, 11) is 0. The molecule has 0 saturated carbocycles. The quantitative estimate of drug-likeness (QED) is 0.838. The molecule has 0 radical (unpaired) electrons. The second-order valence-electron chi connectivity index (χ2n) is 3.50. The molecule has 0 saturated heterocycles. The monoisotopic (exact) mass is 348 g/mol. The van der Waals surface area contributed by atoms with Gasteiger partial charge < -0.3 is 5.11 Å². The second kappa shape index (κ2) is 5.25. The molecule has 84 valence electrons. The van der Waals surface area contributed by atoms with E-state index in [4.69, 9.17) is 0 Å². The molecule has 1 aromatic heterocycles. The Hall–Kier alpha value is -0.460. The van der Waals surface area contributed by atoms with E-state index in [2.05, 4.69) is 22.6 Å². The molecular formula is C12H10FIOS. The molecule has 1 N–H and O–H groups in total. The average molecular weight is 348 g/mol. The van der Waals surface area contributed by atoms with Crippen LogP contribution in [0.3, 0.4) is 0 Å². The van der Waals surface area contributed by atoms with E-state index in [1.54, 1.807) is 29.5 Å². The van der Waals surface area contributed by atoms with E-state index in [1.165, 1.54) is 6.07 Å². The van der Waals surface area contributed by atoms with Crippen molar-refractivity contribution in [2.24, 2.45) is 0 Å². The molecule has 16 heavy (non-hydrogen) atoms. The van der Waals surface area contributed by atoms with E-state index >= 15 is 0 Å². The Morgan fingerprint density at radius 2 is 2.12 bits per heavy atom. The highest BCUT2D eigenvalue weighted by Crippen LogP contribution is 2.25. The van der Waals surface area contributed by atoms with Crippen molar-refractivity contribution in [3.63, 3.8) is 0 Å². The van der Waals surface area contributed by atoms with E-state index in [0.29, 0.717) is 12.0 Å². The third kappa shape index (κ3) is 2.81. The molecule has 2 aromatic rings. The van der Waals surface area contributed by atoms with Crippen LogP contribution >= 0.6 is 33.9 Å². The molecule has 0 amide bonds. The van der Waals surface area contributed by atoms with Crippen LogP contribution in [0, 0.1) is 8.70 Å². The lowest BCUT2D eigenvalue weighted by molar-refractivity contribution is 0.177. The fourth-order valence-corrected chi connectivity index (χ4v) is 2.91. The smallest absolute Gasteiger partial charge is 0.126 e. The van der Waals surface area contributed by atoms with Gasteiger partial charge in [-0.15, -0.1) is 11.3 Å². The van der Waals surface area contributed by atoms with Gasteiger partial charge in [0.15, 0.2) is 0 Å². The first-order chi connectivity index (χ1) is 7.66. The lowest BCUT2D eigenvalue weighted by atomic mass is 10.0. The van der Waals surface area contributed by atoms with Crippen molar-refractivity contribution in [2.45, 2.75) is 12.5 Å². The van der Waals surface area contributed by atoms with Crippen molar-refractivity contribution >= 4 is 33.9 Å². The molecular weight excluding hydrogens is 338 g/mol. The molecule has 0 aliphatic carbocycles. The fourth-order valence-electron chi connectivity index (χ4n) is 1.49. The van der Waals surface area contributed by atoms with Crippen molar-refractivity contribution < 1.29 is 9.50 Å². The minimum absolute atomic E-state index is 0.258. The molecule has 0 aliphatic rings. The minimum atomic E-state index is -0.628. The SMILES string of the molecule is OC(Cc1ccccc1F)c1csc(I)c1. The van der Waals surface area contributed by atoms with E-state index in [-0.39, 0.29) is 5.82 Å². The van der Waals surface area contributed by atoms with Crippen LogP contribution in [0.5, 0.6) is 0 Å². The summed E-state index contributed by atoms with van der Waals surface area (Å²) in [6, 6.07) is 8.48. The third-order valence-corrected chi connectivity index (χ3v) is 4.15. The predicted octanol–water partition coefficient (Wildman–Crippen LogP) is 3.77. The molecule has 4 heteroatoms. The van der Waals surface area contributed by atoms with Crippen LogP contribution in [0.4, 0.5) is 4.39 Å². The van der Waals surface area contributed by atoms with Crippen LogP contribution in [0.25, 0.3) is 0 Å². The maximum absolute atomic E-state index is 13.4. The van der Waals surface area contributed by atoms with Gasteiger partial charge in [-0.05, 0) is 51.2 Å². The number of hydrogen-bond acceptors (Lipinski definition) is 2. The summed E-state index contributed by atoms with van der Waals surface area (Å²) in [6.07, 6.45) is -0.309. The van der Waals surface area contributed by atoms with E-state index in [0.717, 1.165) is 8.45 Å². The summed E-state index contributed by atoms with van der Waals surface area (Å²) in [5.41, 5.74) is 1.41. The summed E-state index contributed by atoms with van der Waals surface area (Å²) in [5, 5.41) is 11.9. The van der Waals surface area contributed by atoms with Crippen LogP contribution in [0.2, 0.25) is 0 Å². The maximum atomic E-state index is 13.4. The molecule has 0 aliphatic heterocycles. The van der Waals surface area contributed by atoms with Gasteiger partial charge in [0.25, 0.3) is 0 Å². The number of halogens is 2. The van der Waals surface area contributed by atoms with Gasteiger partial charge in [0.05, 0.1) is 8.99 Å². The lowest BCUT2D eigenvalue weighted by Crippen LogP contribution is -2.02. The Labute approximate surface area is 111 Å². The van der Waals surface area contributed by atoms with Crippen LogP contribution < -0.4 is 0 Å². The molecule has 1 nitrogen and oxygen atoms in total. The summed E-state index contributed by atoms with van der Waals surface area (Å²) in [4.78, 5) is 0. The molecule has 0 fully saturated rings. The highest BCUT2D eigenvalue weighted by Gasteiger charge is 2.12. The fraction of sp³-hybridized carbons (Fsp3) is 0.167. The van der Waals surface area contributed by atoms with Crippen LogP contribution in [0.1, 0.15) is 17.2 Å². The first kappa shape index (κ1) is 12.0. The molecule has 0 spiro atoms. The van der Waals surface area contributed by atoms with Crippen molar-refractivity contribution in [1.82, 2.24) is 0 Å². The Bertz CT molecular complexity index is 483. The Morgan fingerprint density at radius 3 is 2.75 bits per heavy atom. The predicted molar refractivity (Wildman–Crippen MR) is 72.1 cm³/mol. The summed E-state index contributed by atoms with van der Waals surface area (Å²) >= 11 is 3.79. The number of rotatable bonds is 3. The Balaban J connectivity index is 2.13. The molecule has 2 rings (SSSR count). The topological polar surface area (TPSA) is 20.2 Å². The molecule has 0 bridgehead atoms. The first-order valence-corrected chi connectivity index (χ1v) is 6.78. The molecule has 1 unspecified atom stereocenters. The molecule has 1 heterocycles. The Kier molecular flexibility index (Phi) is 3.94. The number of thiophene rings is 1. The van der Waals surface area contributed by atoms with Crippen molar-refractivity contribution in [2.75, 3.05) is 0 Å². The Morgan fingerprint density at radius 1 is 1.38 bits per heavy atom. The highest BCUT2D eigenvalue weighted by atomic mass is 127. The van der Waals surface area contributed by atoms with Gasteiger partial charge in [-0.2, -0.15) is 0 Å². The third-order valence-electron chi connectivity index (χ3n) is 2.34. The highest BCUT2D eigenvalue weighted by molar-refractivity contribution is 14.1. The van der Waals surface area contributed by atoms with E-state index < -0.39 is 6.10 Å². The lowest BCUT2D eigenvalue weighted by Gasteiger charge is -2.09. The van der Waals surface area contributed by atoms with Gasteiger partial charge in [0.1, 0.15) is 5.82 Å². The number of benzene rings is 1. The van der Waals surface area contributed by atoms with Crippen LogP contribution in [-0.2, 0) is 6.42 Å². The zero-order valence-corrected chi connectivity index (χ0v) is 11.3. The zero-order chi connectivity index (χ0) is 11.5. The maximum Gasteiger partial charge on any atom is 0.126 e. The van der Waals surface area contributed by atoms with Gasteiger partial charge in [0, 0.05) is 6.42 Å². The minimum Gasteiger partial charge on any atom is -0.388 e. The van der Waals surface area contributed by atoms with Gasteiger partial charge in [-0.1, -0.05) is 18.2 Å². The number of aliphatic hydroxyl groups excluding tert-OH is 1. The van der Waals surface area contributed by atoms with Gasteiger partial charge in [0.2, 0.25) is 0 Å². The standard InChI is InChI=1S/C12H10FIOS/c13-10-4-2-1-3-8(10)5-11(15)9-6-12(14)16-7-9/h1-4,6-7,11,15H,5H2. The number of aliphatic hydroxyl groups is 1. The number of hydrogen-bond donors (Lipinski definition) is 1. The summed E-state index contributed by atoms with van der Waals surface area (Å²) < 4.78 is 14.5. The van der Waals surface area contributed by atoms with Gasteiger partial charge >= 0.3 is 0 Å². The summed E-state index contributed by atoms with van der Waals surface area (Å²) in [6.45, 7) is 0. The van der Waals surface area contributed by atoms with Crippen LogP contribution in [-0.4, -0.2) is 5.11 Å². The normalized spacial score (nSPS) is 12.7. The van der Waals surface area contributed by atoms with Crippen molar-refractivity contribution in [3.8, 4) is 0 Å². The van der Waals surface area contributed by atoms with Gasteiger partial charge in [-0.25, -0.2) is 4.39 Å². The molecule has 1 atom stereocenters. The van der Waals surface area contributed by atoms with Crippen molar-refractivity contribution in [1.29, 1.82) is 0 Å². The van der Waals surface area contributed by atoms with Crippen molar-refractivity contribution in [3.05, 3.63) is 55.5 Å². The second-order valence-corrected chi connectivity index (χ2v) is 6.30. The zero-order valence-electron chi connectivity index (χ0n) is 8.36. The largest absolute Gasteiger partial charge is 0.388 e. The van der Waals surface area contributed by atoms with E-state index in [1.807, 2.05) is 11.4 Å².